The van der Waals surface area contributed by atoms with Gasteiger partial charge < -0.3 is 5.32 Å². The molecule has 0 saturated carbocycles. The Kier molecular flexibility index (Phi) is 6.33. The van der Waals surface area contributed by atoms with Gasteiger partial charge in [-0.05, 0) is 43.2 Å². The van der Waals surface area contributed by atoms with Gasteiger partial charge in [-0.25, -0.2) is 8.42 Å². The molecule has 2 aromatic carbocycles. The Morgan fingerprint density at radius 2 is 1.67 bits per heavy atom. The van der Waals surface area contributed by atoms with Crippen molar-refractivity contribution in [2.24, 2.45) is 0 Å². The van der Waals surface area contributed by atoms with Crippen LogP contribution in [-0.2, 0) is 10.0 Å². The summed E-state index contributed by atoms with van der Waals surface area (Å²) in [6.45, 7) is 0.931. The van der Waals surface area contributed by atoms with Crippen LogP contribution in [0.1, 0.15) is 29.6 Å². The van der Waals surface area contributed by atoms with Gasteiger partial charge in [0.25, 0.3) is 5.91 Å². The second kappa shape index (κ2) is 8.37. The van der Waals surface area contributed by atoms with E-state index in [9.17, 15) is 13.2 Å². The molecule has 0 bridgehead atoms. The van der Waals surface area contributed by atoms with Crippen LogP contribution in [0.5, 0.6) is 0 Å². The first kappa shape index (κ1) is 20.4. The van der Waals surface area contributed by atoms with Gasteiger partial charge in [-0.3, -0.25) is 4.79 Å². The fourth-order valence-corrected chi connectivity index (χ4v) is 5.30. The summed E-state index contributed by atoms with van der Waals surface area (Å²) >= 11 is 18.1. The third-order valence-electron chi connectivity index (χ3n) is 4.32. The van der Waals surface area contributed by atoms with Crippen LogP contribution in [-0.4, -0.2) is 31.7 Å². The highest BCUT2D eigenvalue weighted by Crippen LogP contribution is 2.30. The number of rotatable bonds is 4. The average Bonchev–Trinajstić information content (AvgIpc) is 2.66. The minimum atomic E-state index is -3.73. The largest absolute Gasteiger partial charge is 0.322 e. The van der Waals surface area contributed by atoms with Crippen LogP contribution in [0.2, 0.25) is 15.1 Å². The third-order valence-corrected chi connectivity index (χ3v) is 7.52. The summed E-state index contributed by atoms with van der Waals surface area (Å²) in [7, 11) is -3.73. The lowest BCUT2D eigenvalue weighted by Crippen LogP contribution is -2.35. The van der Waals surface area contributed by atoms with E-state index in [0.29, 0.717) is 18.8 Å². The summed E-state index contributed by atoms with van der Waals surface area (Å²) in [5.74, 6) is -0.494. The number of nitrogens with zero attached hydrogens (tertiary/aromatic N) is 1. The lowest BCUT2D eigenvalue weighted by Gasteiger charge is -2.26. The van der Waals surface area contributed by atoms with E-state index in [1.54, 1.807) is 12.1 Å². The van der Waals surface area contributed by atoms with Crippen molar-refractivity contribution in [1.29, 1.82) is 0 Å². The predicted octanol–water partition coefficient (Wildman–Crippen LogP) is 5.07. The highest BCUT2D eigenvalue weighted by molar-refractivity contribution is 7.89. The lowest BCUT2D eigenvalue weighted by atomic mass is 10.2. The molecule has 1 saturated heterocycles. The summed E-state index contributed by atoms with van der Waals surface area (Å²) in [5, 5.41) is 3.15. The quantitative estimate of drug-likeness (QED) is 0.711. The number of carbonyl (C=O) groups is 1. The van der Waals surface area contributed by atoms with E-state index in [-0.39, 0.29) is 25.5 Å². The molecule has 1 heterocycles. The van der Waals surface area contributed by atoms with Crippen molar-refractivity contribution in [3.8, 4) is 0 Å². The minimum absolute atomic E-state index is 0.0268. The number of halogens is 3. The van der Waals surface area contributed by atoms with Crippen LogP contribution in [0.4, 0.5) is 5.69 Å². The van der Waals surface area contributed by atoms with Crippen LogP contribution in [0.25, 0.3) is 0 Å². The first-order chi connectivity index (χ1) is 12.8. The first-order valence-corrected chi connectivity index (χ1v) is 10.9. The number of amides is 1. The molecular formula is C18H17Cl3N2O3S. The topological polar surface area (TPSA) is 66.5 Å². The molecule has 5 nitrogen and oxygen atoms in total. The molecule has 0 unspecified atom stereocenters. The Bertz CT molecular complexity index is 974. The number of benzene rings is 2. The second-order valence-electron chi connectivity index (χ2n) is 6.17. The van der Waals surface area contributed by atoms with Gasteiger partial charge in [-0.1, -0.05) is 47.3 Å². The molecule has 1 N–H and O–H groups in total. The van der Waals surface area contributed by atoms with E-state index < -0.39 is 15.9 Å². The Labute approximate surface area is 173 Å². The highest BCUT2D eigenvalue weighted by Gasteiger charge is 2.28. The van der Waals surface area contributed by atoms with Crippen molar-refractivity contribution in [2.75, 3.05) is 18.4 Å². The molecule has 1 aliphatic rings. The molecule has 27 heavy (non-hydrogen) atoms. The second-order valence-corrected chi connectivity index (χ2v) is 9.26. The van der Waals surface area contributed by atoms with Crippen molar-refractivity contribution in [2.45, 2.75) is 24.2 Å². The van der Waals surface area contributed by atoms with Crippen molar-refractivity contribution in [3.05, 3.63) is 57.0 Å². The van der Waals surface area contributed by atoms with Crippen LogP contribution in [0.15, 0.2) is 41.3 Å². The zero-order valence-electron chi connectivity index (χ0n) is 14.2. The molecule has 1 fully saturated rings. The molecule has 9 heteroatoms. The number of nitrogens with one attached hydrogen (secondary N) is 1. The zero-order chi connectivity index (χ0) is 19.6. The smallest absolute Gasteiger partial charge is 0.257 e. The first-order valence-electron chi connectivity index (χ1n) is 8.36. The summed E-state index contributed by atoms with van der Waals surface area (Å²) in [5.41, 5.74) is 0.496. The Morgan fingerprint density at radius 3 is 2.37 bits per heavy atom. The summed E-state index contributed by atoms with van der Waals surface area (Å²) in [6.07, 6.45) is 2.65. The minimum Gasteiger partial charge on any atom is -0.322 e. The van der Waals surface area contributed by atoms with Gasteiger partial charge in [0, 0.05) is 18.8 Å². The summed E-state index contributed by atoms with van der Waals surface area (Å²) < 4.78 is 27.2. The van der Waals surface area contributed by atoms with Crippen LogP contribution < -0.4 is 5.32 Å². The average molecular weight is 448 g/mol. The standard InChI is InChI=1S/C18H17Cl3N2O3S/c19-14-8-7-12(22-18(24)13-5-4-6-15(20)17(13)21)11-16(14)27(25,26)23-9-2-1-3-10-23/h4-8,11H,1-3,9-10H2,(H,22,24). The van der Waals surface area contributed by atoms with Gasteiger partial charge in [-0.15, -0.1) is 0 Å². The van der Waals surface area contributed by atoms with Crippen molar-refractivity contribution < 1.29 is 13.2 Å². The number of carbonyl (C=O) groups excluding carboxylic acids is 1. The SMILES string of the molecule is O=C(Nc1ccc(Cl)c(S(=O)(=O)N2CCCCC2)c1)c1cccc(Cl)c1Cl. The molecule has 0 radical (unpaired) electrons. The van der Waals surface area contributed by atoms with E-state index in [0.717, 1.165) is 19.3 Å². The molecule has 0 spiro atoms. The molecule has 0 aliphatic carbocycles. The van der Waals surface area contributed by atoms with E-state index in [4.69, 9.17) is 34.8 Å². The molecule has 1 aliphatic heterocycles. The fourth-order valence-electron chi connectivity index (χ4n) is 2.90. The molecule has 1 amide bonds. The monoisotopic (exact) mass is 446 g/mol. The lowest BCUT2D eigenvalue weighted by molar-refractivity contribution is 0.102. The van der Waals surface area contributed by atoms with E-state index >= 15 is 0 Å². The summed E-state index contributed by atoms with van der Waals surface area (Å²) in [6, 6.07) is 9.07. The van der Waals surface area contributed by atoms with Crippen LogP contribution in [0, 0.1) is 0 Å². The molecular weight excluding hydrogens is 431 g/mol. The Hall–Kier alpha value is -1.31. The number of anilines is 1. The molecule has 0 aromatic heterocycles. The number of hydrogen-bond acceptors (Lipinski definition) is 3. The van der Waals surface area contributed by atoms with Crippen molar-refractivity contribution >= 4 is 56.4 Å². The van der Waals surface area contributed by atoms with E-state index in [2.05, 4.69) is 5.32 Å². The Morgan fingerprint density at radius 1 is 0.963 bits per heavy atom. The van der Waals surface area contributed by atoms with Crippen molar-refractivity contribution in [3.63, 3.8) is 0 Å². The van der Waals surface area contributed by atoms with Gasteiger partial charge in [0.15, 0.2) is 0 Å². The normalized spacial score (nSPS) is 15.5. The maximum atomic E-state index is 12.9. The van der Waals surface area contributed by atoms with Gasteiger partial charge in [0.1, 0.15) is 4.90 Å². The predicted molar refractivity (Wildman–Crippen MR) is 108 cm³/mol. The highest BCUT2D eigenvalue weighted by atomic mass is 35.5. The molecule has 3 rings (SSSR count). The van der Waals surface area contributed by atoms with Gasteiger partial charge >= 0.3 is 0 Å². The summed E-state index contributed by atoms with van der Waals surface area (Å²) in [4.78, 5) is 12.5. The zero-order valence-corrected chi connectivity index (χ0v) is 17.3. The van der Waals surface area contributed by atoms with Gasteiger partial charge in [0.05, 0.1) is 20.6 Å². The Balaban J connectivity index is 1.89. The van der Waals surface area contributed by atoms with Gasteiger partial charge in [0.2, 0.25) is 10.0 Å². The molecule has 144 valence electrons. The number of hydrogen-bond donors (Lipinski definition) is 1. The van der Waals surface area contributed by atoms with Gasteiger partial charge in [-0.2, -0.15) is 4.31 Å². The van der Waals surface area contributed by atoms with Crippen molar-refractivity contribution in [1.82, 2.24) is 4.31 Å². The maximum Gasteiger partial charge on any atom is 0.257 e. The van der Waals surface area contributed by atoms with E-state index in [1.807, 2.05) is 0 Å². The van der Waals surface area contributed by atoms with Crippen LogP contribution >= 0.6 is 34.8 Å². The molecule has 2 aromatic rings. The molecule has 0 atom stereocenters. The number of piperidine rings is 1. The fraction of sp³-hybridized carbons (Fsp3) is 0.278. The maximum absolute atomic E-state index is 12.9. The number of sulfonamides is 1. The third kappa shape index (κ3) is 4.41. The van der Waals surface area contributed by atoms with Crippen LogP contribution in [0.3, 0.4) is 0 Å². The van der Waals surface area contributed by atoms with E-state index in [1.165, 1.54) is 28.6 Å².